The first kappa shape index (κ1) is 20.6. The number of carbonyl (C=O) groups excluding carboxylic acids is 1. The van der Waals surface area contributed by atoms with Gasteiger partial charge in [0.25, 0.3) is 5.91 Å². The number of aromatic nitrogens is 1. The molecule has 2 aromatic heterocycles. The van der Waals surface area contributed by atoms with Crippen molar-refractivity contribution in [3.8, 4) is 17.2 Å². The van der Waals surface area contributed by atoms with Gasteiger partial charge in [-0.15, -0.1) is 11.3 Å². The molecule has 5 nitrogen and oxygen atoms in total. The van der Waals surface area contributed by atoms with Crippen LogP contribution in [0.25, 0.3) is 0 Å². The van der Waals surface area contributed by atoms with Crippen LogP contribution in [0.2, 0.25) is 0 Å². The van der Waals surface area contributed by atoms with Crippen molar-refractivity contribution in [2.75, 3.05) is 0 Å². The number of carbonyl (C=O) groups is 1. The Labute approximate surface area is 183 Å². The molecular formula is C24H19FN2O3S. The zero-order valence-electron chi connectivity index (χ0n) is 16.5. The van der Waals surface area contributed by atoms with Crippen LogP contribution in [-0.2, 0) is 13.2 Å². The molecule has 0 atom stereocenters. The molecule has 4 aromatic rings. The molecule has 31 heavy (non-hydrogen) atoms. The highest BCUT2D eigenvalue weighted by Crippen LogP contribution is 2.24. The van der Waals surface area contributed by atoms with Crippen molar-refractivity contribution in [1.29, 1.82) is 0 Å². The Morgan fingerprint density at radius 3 is 2.71 bits per heavy atom. The molecule has 156 valence electrons. The van der Waals surface area contributed by atoms with E-state index in [1.54, 1.807) is 60.0 Å². The first-order valence-corrected chi connectivity index (χ1v) is 10.4. The fourth-order valence-electron chi connectivity index (χ4n) is 2.83. The zero-order valence-corrected chi connectivity index (χ0v) is 17.3. The summed E-state index contributed by atoms with van der Waals surface area (Å²) in [5.41, 5.74) is 1.09. The van der Waals surface area contributed by atoms with Gasteiger partial charge in [0.05, 0.1) is 6.20 Å². The molecular weight excluding hydrogens is 415 g/mol. The molecule has 4 rings (SSSR count). The van der Waals surface area contributed by atoms with Gasteiger partial charge in [-0.05, 0) is 59.5 Å². The molecule has 0 saturated carbocycles. The second kappa shape index (κ2) is 9.86. The molecule has 2 heterocycles. The summed E-state index contributed by atoms with van der Waals surface area (Å²) in [6.45, 7) is 0.638. The third-order valence-corrected chi connectivity index (χ3v) is 5.22. The van der Waals surface area contributed by atoms with E-state index in [1.807, 2.05) is 17.5 Å². The van der Waals surface area contributed by atoms with Crippen molar-refractivity contribution >= 4 is 17.2 Å². The van der Waals surface area contributed by atoms with E-state index in [2.05, 4.69) is 10.3 Å². The predicted octanol–water partition coefficient (Wildman–Crippen LogP) is 5.58. The number of thiophene rings is 1. The maximum absolute atomic E-state index is 14.4. The van der Waals surface area contributed by atoms with Crippen molar-refractivity contribution in [3.05, 3.63) is 106 Å². The van der Waals surface area contributed by atoms with Gasteiger partial charge in [0.15, 0.2) is 11.6 Å². The predicted molar refractivity (Wildman–Crippen MR) is 117 cm³/mol. The molecule has 0 spiro atoms. The number of ether oxygens (including phenoxy) is 2. The van der Waals surface area contributed by atoms with Crippen LogP contribution in [0.3, 0.4) is 0 Å². The molecule has 0 aliphatic rings. The van der Waals surface area contributed by atoms with Crippen molar-refractivity contribution in [2.45, 2.75) is 13.2 Å². The third-order valence-electron chi connectivity index (χ3n) is 4.37. The molecule has 0 aliphatic carbocycles. The van der Waals surface area contributed by atoms with Gasteiger partial charge in [-0.25, -0.2) is 4.39 Å². The van der Waals surface area contributed by atoms with E-state index < -0.39 is 5.82 Å². The van der Waals surface area contributed by atoms with Crippen LogP contribution in [0.4, 0.5) is 4.39 Å². The molecule has 0 radical (unpaired) electrons. The van der Waals surface area contributed by atoms with Crippen molar-refractivity contribution in [1.82, 2.24) is 10.3 Å². The topological polar surface area (TPSA) is 60.5 Å². The lowest BCUT2D eigenvalue weighted by Gasteiger charge is -2.10. The summed E-state index contributed by atoms with van der Waals surface area (Å²) in [6, 6.07) is 18.9. The van der Waals surface area contributed by atoms with E-state index >= 15 is 0 Å². The lowest BCUT2D eigenvalue weighted by Crippen LogP contribution is -2.22. The molecule has 0 saturated heterocycles. The van der Waals surface area contributed by atoms with Gasteiger partial charge >= 0.3 is 0 Å². The van der Waals surface area contributed by atoms with Crippen LogP contribution in [0, 0.1) is 5.82 Å². The van der Waals surface area contributed by atoms with E-state index in [1.165, 1.54) is 18.3 Å². The summed E-state index contributed by atoms with van der Waals surface area (Å²) >= 11 is 1.61. The molecule has 0 unspecified atom stereocenters. The summed E-state index contributed by atoms with van der Waals surface area (Å²) in [6.07, 6.45) is 3.12. The number of hydrogen-bond acceptors (Lipinski definition) is 5. The maximum Gasteiger partial charge on any atom is 0.251 e. The molecule has 0 aliphatic heterocycles. The van der Waals surface area contributed by atoms with Gasteiger partial charge in [-0.3, -0.25) is 9.78 Å². The second-order valence-electron chi connectivity index (χ2n) is 6.63. The van der Waals surface area contributed by atoms with Crippen LogP contribution < -0.4 is 14.8 Å². The number of hydrogen-bond donors (Lipinski definition) is 1. The van der Waals surface area contributed by atoms with Gasteiger partial charge < -0.3 is 14.8 Å². The second-order valence-corrected chi connectivity index (χ2v) is 7.67. The number of nitrogens with one attached hydrogen (secondary N) is 1. The monoisotopic (exact) mass is 434 g/mol. The first-order valence-electron chi connectivity index (χ1n) is 9.57. The third kappa shape index (κ3) is 5.67. The minimum absolute atomic E-state index is 0.0960. The Morgan fingerprint density at radius 2 is 1.94 bits per heavy atom. The average Bonchev–Trinajstić information content (AvgIpc) is 3.32. The van der Waals surface area contributed by atoms with Crippen LogP contribution in [0.1, 0.15) is 20.8 Å². The summed E-state index contributed by atoms with van der Waals surface area (Å²) in [4.78, 5) is 17.5. The summed E-state index contributed by atoms with van der Waals surface area (Å²) in [5.74, 6) is 0.378. The molecule has 1 amide bonds. The standard InChI is InChI=1S/C24H19FN2O3S/c25-22-12-17(8-9-23(22)30-20-6-2-10-26-15-20)14-27-24(28)18-4-1-5-19(13-18)29-16-21-7-3-11-31-21/h1-13,15H,14,16H2,(H,27,28). The lowest BCUT2D eigenvalue weighted by atomic mass is 10.1. The maximum atomic E-state index is 14.4. The zero-order chi connectivity index (χ0) is 21.5. The minimum Gasteiger partial charge on any atom is -0.488 e. The van der Waals surface area contributed by atoms with E-state index in [0.29, 0.717) is 29.2 Å². The summed E-state index contributed by atoms with van der Waals surface area (Å²) in [7, 11) is 0. The fraction of sp³-hybridized carbons (Fsp3) is 0.0833. The van der Waals surface area contributed by atoms with Gasteiger partial charge in [0, 0.05) is 23.2 Å². The minimum atomic E-state index is -0.514. The smallest absolute Gasteiger partial charge is 0.251 e. The molecule has 1 N–H and O–H groups in total. The SMILES string of the molecule is O=C(NCc1ccc(Oc2cccnc2)c(F)c1)c1cccc(OCc2cccs2)c1. The molecule has 0 fully saturated rings. The number of halogens is 1. The van der Waals surface area contributed by atoms with Crippen LogP contribution >= 0.6 is 11.3 Å². The highest BCUT2D eigenvalue weighted by molar-refractivity contribution is 7.09. The molecule has 0 bridgehead atoms. The Bertz CT molecular complexity index is 1150. The quantitative estimate of drug-likeness (QED) is 0.393. The van der Waals surface area contributed by atoms with Crippen molar-refractivity contribution in [2.24, 2.45) is 0 Å². The Kier molecular flexibility index (Phi) is 6.54. The highest BCUT2D eigenvalue weighted by atomic mass is 32.1. The van der Waals surface area contributed by atoms with Gasteiger partial charge in [-0.2, -0.15) is 0 Å². The molecule has 7 heteroatoms. The normalized spacial score (nSPS) is 10.5. The van der Waals surface area contributed by atoms with Gasteiger partial charge in [0.1, 0.15) is 18.1 Å². The van der Waals surface area contributed by atoms with E-state index in [-0.39, 0.29) is 18.2 Å². The van der Waals surface area contributed by atoms with E-state index in [4.69, 9.17) is 9.47 Å². The van der Waals surface area contributed by atoms with Crippen LogP contribution in [0.15, 0.2) is 84.5 Å². The van der Waals surface area contributed by atoms with Crippen molar-refractivity contribution in [3.63, 3.8) is 0 Å². The number of pyridine rings is 1. The van der Waals surface area contributed by atoms with Crippen LogP contribution in [0.5, 0.6) is 17.2 Å². The van der Waals surface area contributed by atoms with Crippen molar-refractivity contribution < 1.29 is 18.7 Å². The number of benzene rings is 2. The van der Waals surface area contributed by atoms with E-state index in [9.17, 15) is 9.18 Å². The average molecular weight is 434 g/mol. The Morgan fingerprint density at radius 1 is 1.03 bits per heavy atom. The summed E-state index contributed by atoms with van der Waals surface area (Å²) < 4.78 is 25.6. The Hall–Kier alpha value is -3.71. The summed E-state index contributed by atoms with van der Waals surface area (Å²) in [5, 5.41) is 4.79. The fourth-order valence-corrected chi connectivity index (χ4v) is 3.45. The largest absolute Gasteiger partial charge is 0.488 e. The first-order chi connectivity index (χ1) is 15.2. The Balaban J connectivity index is 1.34. The van der Waals surface area contributed by atoms with Gasteiger partial charge in [0.2, 0.25) is 0 Å². The highest BCUT2D eigenvalue weighted by Gasteiger charge is 2.10. The number of amides is 1. The number of nitrogens with zero attached hydrogens (tertiary/aromatic N) is 1. The van der Waals surface area contributed by atoms with E-state index in [0.717, 1.165) is 4.88 Å². The number of rotatable bonds is 8. The van der Waals surface area contributed by atoms with Crippen LogP contribution in [-0.4, -0.2) is 10.9 Å². The lowest BCUT2D eigenvalue weighted by molar-refractivity contribution is 0.0950. The molecule has 2 aromatic carbocycles. The van der Waals surface area contributed by atoms with Gasteiger partial charge in [-0.1, -0.05) is 18.2 Å².